The Morgan fingerprint density at radius 1 is 1.40 bits per heavy atom. The number of nitro benzene ring substituents is 1. The zero-order valence-electron chi connectivity index (χ0n) is 11.0. The first-order chi connectivity index (χ1) is 9.47. The SMILES string of the molecule is CCOC(=O)C(N=Nc1ccccc1[N+](=O)[O-])C(C)=O. The Morgan fingerprint density at radius 2 is 2.05 bits per heavy atom. The second kappa shape index (κ2) is 7.07. The van der Waals surface area contributed by atoms with Gasteiger partial charge in [-0.25, -0.2) is 4.79 Å². The molecule has 0 fully saturated rings. The minimum Gasteiger partial charge on any atom is -0.464 e. The third kappa shape index (κ3) is 3.94. The van der Waals surface area contributed by atoms with E-state index in [0.717, 1.165) is 0 Å². The molecule has 0 heterocycles. The number of nitro groups is 1. The second-order valence-corrected chi connectivity index (χ2v) is 3.73. The van der Waals surface area contributed by atoms with E-state index in [-0.39, 0.29) is 18.0 Å². The van der Waals surface area contributed by atoms with E-state index >= 15 is 0 Å². The second-order valence-electron chi connectivity index (χ2n) is 3.73. The van der Waals surface area contributed by atoms with Crippen LogP contribution in [0, 0.1) is 10.1 Å². The van der Waals surface area contributed by atoms with Crippen molar-refractivity contribution in [3.63, 3.8) is 0 Å². The Morgan fingerprint density at radius 3 is 2.60 bits per heavy atom. The summed E-state index contributed by atoms with van der Waals surface area (Å²) in [5.41, 5.74) is -0.296. The summed E-state index contributed by atoms with van der Waals surface area (Å²) < 4.78 is 4.68. The third-order valence-corrected chi connectivity index (χ3v) is 2.25. The number of carbonyl (C=O) groups is 2. The van der Waals surface area contributed by atoms with Crippen molar-refractivity contribution in [2.45, 2.75) is 19.9 Å². The van der Waals surface area contributed by atoms with Gasteiger partial charge in [0.2, 0.25) is 6.04 Å². The standard InChI is InChI=1S/C12H13N3O5/c1-3-20-12(17)11(8(2)16)14-13-9-6-4-5-7-10(9)15(18)19/h4-7,11H,3H2,1-2H3. The molecule has 1 rings (SSSR count). The first-order valence-electron chi connectivity index (χ1n) is 5.78. The van der Waals surface area contributed by atoms with Crippen LogP contribution in [-0.2, 0) is 14.3 Å². The number of ketones is 1. The molecule has 0 saturated carbocycles. The fraction of sp³-hybridized carbons (Fsp3) is 0.333. The van der Waals surface area contributed by atoms with Crippen LogP contribution >= 0.6 is 0 Å². The Labute approximate surface area is 114 Å². The molecular formula is C12H13N3O5. The molecular weight excluding hydrogens is 266 g/mol. The topological polar surface area (TPSA) is 111 Å². The van der Waals surface area contributed by atoms with Crippen LogP contribution in [0.2, 0.25) is 0 Å². The summed E-state index contributed by atoms with van der Waals surface area (Å²) in [5, 5.41) is 17.9. The zero-order chi connectivity index (χ0) is 15.1. The van der Waals surface area contributed by atoms with Crippen molar-refractivity contribution in [3.8, 4) is 0 Å². The monoisotopic (exact) mass is 279 g/mol. The Balaban J connectivity index is 3.02. The van der Waals surface area contributed by atoms with E-state index in [1.54, 1.807) is 6.92 Å². The summed E-state index contributed by atoms with van der Waals surface area (Å²) >= 11 is 0. The van der Waals surface area contributed by atoms with Gasteiger partial charge in [-0.05, 0) is 19.9 Å². The lowest BCUT2D eigenvalue weighted by Gasteiger charge is -2.06. The van der Waals surface area contributed by atoms with Gasteiger partial charge in [0.25, 0.3) is 5.69 Å². The predicted octanol–water partition coefficient (Wildman–Crippen LogP) is 2.20. The van der Waals surface area contributed by atoms with Crippen LogP contribution in [0.15, 0.2) is 34.5 Å². The summed E-state index contributed by atoms with van der Waals surface area (Å²) in [6.07, 6.45) is 0. The number of Topliss-reactive ketones (excluding diaryl/α,β-unsaturated/α-hetero) is 1. The lowest BCUT2D eigenvalue weighted by Crippen LogP contribution is -2.28. The maximum absolute atomic E-state index is 11.5. The first kappa shape index (κ1) is 15.4. The van der Waals surface area contributed by atoms with Crippen molar-refractivity contribution < 1.29 is 19.2 Å². The van der Waals surface area contributed by atoms with Crippen LogP contribution in [-0.4, -0.2) is 29.3 Å². The number of para-hydroxylation sites is 1. The zero-order valence-corrected chi connectivity index (χ0v) is 11.0. The fourth-order valence-electron chi connectivity index (χ4n) is 1.34. The summed E-state index contributed by atoms with van der Waals surface area (Å²) in [7, 11) is 0. The molecule has 1 unspecified atom stereocenters. The van der Waals surface area contributed by atoms with Gasteiger partial charge in [0.15, 0.2) is 11.5 Å². The number of nitrogens with zero attached hydrogens (tertiary/aromatic N) is 3. The summed E-state index contributed by atoms with van der Waals surface area (Å²) in [4.78, 5) is 33.0. The van der Waals surface area contributed by atoms with Gasteiger partial charge in [-0.2, -0.15) is 5.11 Å². The third-order valence-electron chi connectivity index (χ3n) is 2.25. The number of ether oxygens (including phenoxy) is 1. The van der Waals surface area contributed by atoms with Gasteiger partial charge in [0, 0.05) is 6.07 Å². The number of benzene rings is 1. The van der Waals surface area contributed by atoms with E-state index in [1.165, 1.54) is 31.2 Å². The highest BCUT2D eigenvalue weighted by Crippen LogP contribution is 2.26. The molecule has 0 aliphatic heterocycles. The number of rotatable bonds is 6. The highest BCUT2D eigenvalue weighted by Gasteiger charge is 2.24. The van der Waals surface area contributed by atoms with Gasteiger partial charge >= 0.3 is 5.97 Å². The maximum atomic E-state index is 11.5. The van der Waals surface area contributed by atoms with Crippen LogP contribution < -0.4 is 0 Å². The number of hydrogen-bond acceptors (Lipinski definition) is 7. The van der Waals surface area contributed by atoms with Gasteiger partial charge < -0.3 is 4.74 Å². The molecule has 1 atom stereocenters. The summed E-state index contributed by atoms with van der Waals surface area (Å²) in [6, 6.07) is 4.22. The van der Waals surface area contributed by atoms with Crippen LogP contribution in [0.5, 0.6) is 0 Å². The van der Waals surface area contributed by atoms with Gasteiger partial charge in [-0.1, -0.05) is 12.1 Å². The Bertz CT molecular complexity index is 556. The fourth-order valence-corrected chi connectivity index (χ4v) is 1.34. The minimum atomic E-state index is -1.41. The molecule has 0 N–H and O–H groups in total. The average molecular weight is 279 g/mol. The molecule has 106 valence electrons. The lowest BCUT2D eigenvalue weighted by molar-refractivity contribution is -0.384. The number of esters is 1. The minimum absolute atomic E-state index is 0.0342. The van der Waals surface area contributed by atoms with Gasteiger partial charge in [-0.15, -0.1) is 5.11 Å². The highest BCUT2D eigenvalue weighted by atomic mass is 16.6. The number of carbonyl (C=O) groups excluding carboxylic acids is 2. The highest BCUT2D eigenvalue weighted by molar-refractivity contribution is 6.02. The molecule has 0 bridgehead atoms. The molecule has 0 aliphatic carbocycles. The molecule has 1 aromatic rings. The van der Waals surface area contributed by atoms with Crippen molar-refractivity contribution in [1.82, 2.24) is 0 Å². The van der Waals surface area contributed by atoms with Crippen LogP contribution in [0.4, 0.5) is 11.4 Å². The molecule has 0 amide bonds. The molecule has 0 aliphatic rings. The van der Waals surface area contributed by atoms with E-state index in [9.17, 15) is 19.7 Å². The van der Waals surface area contributed by atoms with Crippen LogP contribution in [0.1, 0.15) is 13.8 Å². The normalized spacial score (nSPS) is 12.1. The maximum Gasteiger partial charge on any atom is 0.340 e. The Hall–Kier alpha value is -2.64. The van der Waals surface area contributed by atoms with Gasteiger partial charge in [0.1, 0.15) is 0 Å². The first-order valence-corrected chi connectivity index (χ1v) is 5.78. The van der Waals surface area contributed by atoms with Gasteiger partial charge in [0.05, 0.1) is 11.5 Å². The molecule has 8 heteroatoms. The van der Waals surface area contributed by atoms with E-state index in [2.05, 4.69) is 15.0 Å². The lowest BCUT2D eigenvalue weighted by atomic mass is 10.2. The van der Waals surface area contributed by atoms with Crippen molar-refractivity contribution >= 4 is 23.1 Å². The van der Waals surface area contributed by atoms with E-state index in [4.69, 9.17) is 0 Å². The molecule has 0 aromatic heterocycles. The molecule has 0 spiro atoms. The summed E-state index contributed by atoms with van der Waals surface area (Å²) in [6.45, 7) is 2.86. The van der Waals surface area contributed by atoms with Crippen molar-refractivity contribution in [3.05, 3.63) is 34.4 Å². The van der Waals surface area contributed by atoms with Gasteiger partial charge in [-0.3, -0.25) is 14.9 Å². The molecule has 20 heavy (non-hydrogen) atoms. The summed E-state index contributed by atoms with van der Waals surface area (Å²) in [5.74, 6) is -1.38. The van der Waals surface area contributed by atoms with Crippen molar-refractivity contribution in [1.29, 1.82) is 0 Å². The molecule has 8 nitrogen and oxygen atoms in total. The van der Waals surface area contributed by atoms with E-state index < -0.39 is 22.7 Å². The Kier molecular flexibility index (Phi) is 5.45. The van der Waals surface area contributed by atoms with E-state index in [1.807, 2.05) is 0 Å². The number of azo groups is 1. The largest absolute Gasteiger partial charge is 0.464 e. The van der Waals surface area contributed by atoms with E-state index in [0.29, 0.717) is 0 Å². The molecule has 1 aromatic carbocycles. The molecule has 0 radical (unpaired) electrons. The predicted molar refractivity (Wildman–Crippen MR) is 68.7 cm³/mol. The van der Waals surface area contributed by atoms with Crippen molar-refractivity contribution in [2.75, 3.05) is 6.61 Å². The van der Waals surface area contributed by atoms with Crippen molar-refractivity contribution in [2.24, 2.45) is 10.2 Å². The van der Waals surface area contributed by atoms with Crippen LogP contribution in [0.25, 0.3) is 0 Å². The average Bonchev–Trinajstić information content (AvgIpc) is 2.39. The molecule has 0 saturated heterocycles. The quantitative estimate of drug-likeness (QED) is 0.260. The smallest absolute Gasteiger partial charge is 0.340 e. The number of hydrogen-bond donors (Lipinski definition) is 0. The van der Waals surface area contributed by atoms with Crippen LogP contribution in [0.3, 0.4) is 0 Å².